The van der Waals surface area contributed by atoms with Crippen LogP contribution in [-0.4, -0.2) is 39.4 Å². The van der Waals surface area contributed by atoms with Crippen molar-refractivity contribution in [3.63, 3.8) is 0 Å². The van der Waals surface area contributed by atoms with E-state index in [1.54, 1.807) is 6.07 Å². The van der Waals surface area contributed by atoms with Crippen LogP contribution < -0.4 is 10.6 Å². The van der Waals surface area contributed by atoms with Crippen molar-refractivity contribution in [3.8, 4) is 0 Å². The van der Waals surface area contributed by atoms with Crippen molar-refractivity contribution in [2.45, 2.75) is 20.3 Å². The summed E-state index contributed by atoms with van der Waals surface area (Å²) < 4.78 is 22.0. The van der Waals surface area contributed by atoms with Gasteiger partial charge in [-0.05, 0) is 37.1 Å². The Bertz CT molecular complexity index is 568. The third kappa shape index (κ3) is 5.61. The van der Waals surface area contributed by atoms with Crippen molar-refractivity contribution >= 4 is 21.4 Å². The molecule has 112 valence electrons. The number of hydrogen-bond acceptors (Lipinski definition) is 4. The molecule has 20 heavy (non-hydrogen) atoms. The summed E-state index contributed by atoms with van der Waals surface area (Å²) in [7, 11) is -3.05. The van der Waals surface area contributed by atoms with Gasteiger partial charge in [0.2, 0.25) is 0 Å². The first-order chi connectivity index (χ1) is 9.33. The molecule has 6 heteroatoms. The van der Waals surface area contributed by atoms with Gasteiger partial charge in [0.05, 0.1) is 5.75 Å². The Morgan fingerprint density at radius 1 is 1.25 bits per heavy atom. The fraction of sp³-hybridized carbons (Fsp3) is 0.500. The normalized spacial score (nSPS) is 11.2. The van der Waals surface area contributed by atoms with Crippen LogP contribution >= 0.6 is 0 Å². The predicted octanol–water partition coefficient (Wildman–Crippen LogP) is 1.59. The lowest BCUT2D eigenvalue weighted by Crippen LogP contribution is -2.29. The first-order valence-electron chi connectivity index (χ1n) is 6.64. The van der Waals surface area contributed by atoms with Gasteiger partial charge in [-0.15, -0.1) is 0 Å². The molecule has 0 aliphatic carbocycles. The van der Waals surface area contributed by atoms with Gasteiger partial charge in [-0.2, -0.15) is 0 Å². The maximum Gasteiger partial charge on any atom is 0.251 e. The summed E-state index contributed by atoms with van der Waals surface area (Å²) in [6.45, 7) is 4.97. The molecule has 0 aromatic heterocycles. The van der Waals surface area contributed by atoms with Gasteiger partial charge in [0.15, 0.2) is 0 Å². The fourth-order valence-electron chi connectivity index (χ4n) is 1.74. The van der Waals surface area contributed by atoms with Crippen LogP contribution in [0.3, 0.4) is 0 Å². The van der Waals surface area contributed by atoms with Gasteiger partial charge in [-0.3, -0.25) is 4.79 Å². The molecule has 0 atom stereocenters. The molecule has 0 fully saturated rings. The second kappa shape index (κ2) is 7.28. The average molecular weight is 298 g/mol. The molecule has 0 spiro atoms. The maximum absolute atomic E-state index is 12.0. The van der Waals surface area contributed by atoms with E-state index in [0.29, 0.717) is 5.56 Å². The molecule has 0 heterocycles. The van der Waals surface area contributed by atoms with Crippen LogP contribution in [0.4, 0.5) is 5.69 Å². The van der Waals surface area contributed by atoms with E-state index >= 15 is 0 Å². The summed E-state index contributed by atoms with van der Waals surface area (Å²) in [6.07, 6.45) is 2.19. The molecule has 0 saturated carbocycles. The summed E-state index contributed by atoms with van der Waals surface area (Å²) >= 11 is 0. The molecule has 1 rings (SSSR count). The summed E-state index contributed by atoms with van der Waals surface area (Å²) in [5.41, 5.74) is 2.42. The molecule has 0 bridgehead atoms. The zero-order valence-electron chi connectivity index (χ0n) is 12.2. The molecule has 1 aromatic carbocycles. The van der Waals surface area contributed by atoms with Crippen LogP contribution in [0.2, 0.25) is 0 Å². The minimum Gasteiger partial charge on any atom is -0.385 e. The monoisotopic (exact) mass is 298 g/mol. The largest absolute Gasteiger partial charge is 0.385 e. The Hall–Kier alpha value is -1.56. The molecule has 0 unspecified atom stereocenters. The molecular formula is C14H22N2O3S. The number of benzene rings is 1. The number of carbonyl (C=O) groups excluding carboxylic acids is 1. The number of amides is 1. The van der Waals surface area contributed by atoms with Crippen molar-refractivity contribution in [1.29, 1.82) is 0 Å². The Kier molecular flexibility index (Phi) is 6.01. The molecule has 0 radical (unpaired) electrons. The van der Waals surface area contributed by atoms with E-state index in [0.717, 1.165) is 30.5 Å². The number of carbonyl (C=O) groups is 1. The van der Waals surface area contributed by atoms with Crippen molar-refractivity contribution in [2.24, 2.45) is 0 Å². The highest BCUT2D eigenvalue weighted by Gasteiger charge is 2.10. The lowest BCUT2D eigenvalue weighted by atomic mass is 10.1. The van der Waals surface area contributed by atoms with Crippen molar-refractivity contribution < 1.29 is 13.2 Å². The Balaban J connectivity index is 2.64. The van der Waals surface area contributed by atoms with Crippen LogP contribution in [-0.2, 0) is 9.84 Å². The highest BCUT2D eigenvalue weighted by Crippen LogP contribution is 2.15. The summed E-state index contributed by atoms with van der Waals surface area (Å²) in [5, 5.41) is 5.87. The number of nitrogens with one attached hydrogen (secondary N) is 2. The van der Waals surface area contributed by atoms with Gasteiger partial charge in [0.1, 0.15) is 9.84 Å². The lowest BCUT2D eigenvalue weighted by Gasteiger charge is -2.10. The molecular weight excluding hydrogens is 276 g/mol. The molecule has 0 saturated heterocycles. The first-order valence-corrected chi connectivity index (χ1v) is 8.70. The zero-order valence-corrected chi connectivity index (χ0v) is 13.0. The standard InChI is InChI=1S/C14H22N2O3S/c1-4-7-15-12-5-6-13(11(2)10-12)14(17)16-8-9-20(3,18)19/h5-6,10,15H,4,7-9H2,1-3H3,(H,16,17). The minimum absolute atomic E-state index is 0.0477. The summed E-state index contributed by atoms with van der Waals surface area (Å²) in [6, 6.07) is 5.53. The van der Waals surface area contributed by atoms with Crippen LogP contribution in [0, 0.1) is 6.92 Å². The molecule has 5 nitrogen and oxygen atoms in total. The molecule has 0 aliphatic rings. The van der Waals surface area contributed by atoms with E-state index in [1.807, 2.05) is 19.1 Å². The van der Waals surface area contributed by atoms with Gasteiger partial charge in [0, 0.05) is 30.6 Å². The van der Waals surface area contributed by atoms with E-state index in [1.165, 1.54) is 0 Å². The second-order valence-corrected chi connectivity index (χ2v) is 7.10. The first kappa shape index (κ1) is 16.5. The van der Waals surface area contributed by atoms with Gasteiger partial charge in [-0.25, -0.2) is 8.42 Å². The topological polar surface area (TPSA) is 75.3 Å². The van der Waals surface area contributed by atoms with E-state index in [9.17, 15) is 13.2 Å². The quantitative estimate of drug-likeness (QED) is 0.801. The lowest BCUT2D eigenvalue weighted by molar-refractivity contribution is 0.0955. The number of hydrogen-bond donors (Lipinski definition) is 2. The SMILES string of the molecule is CCCNc1ccc(C(=O)NCCS(C)(=O)=O)c(C)c1. The smallest absolute Gasteiger partial charge is 0.251 e. The summed E-state index contributed by atoms with van der Waals surface area (Å²) in [4.78, 5) is 12.0. The van der Waals surface area contributed by atoms with Crippen molar-refractivity contribution in [1.82, 2.24) is 5.32 Å². The molecule has 0 aliphatic heterocycles. The van der Waals surface area contributed by atoms with Crippen LogP contribution in [0.25, 0.3) is 0 Å². The number of aryl methyl sites for hydroxylation is 1. The Labute approximate surface area is 120 Å². The second-order valence-electron chi connectivity index (χ2n) is 4.84. The number of sulfone groups is 1. The Morgan fingerprint density at radius 3 is 2.50 bits per heavy atom. The van der Waals surface area contributed by atoms with E-state index in [4.69, 9.17) is 0 Å². The van der Waals surface area contributed by atoms with Gasteiger partial charge >= 0.3 is 0 Å². The van der Waals surface area contributed by atoms with Crippen LogP contribution in [0.1, 0.15) is 29.3 Å². The van der Waals surface area contributed by atoms with E-state index in [-0.39, 0.29) is 18.2 Å². The number of anilines is 1. The average Bonchev–Trinajstić information content (AvgIpc) is 2.34. The third-order valence-electron chi connectivity index (χ3n) is 2.81. The predicted molar refractivity (Wildman–Crippen MR) is 82.0 cm³/mol. The van der Waals surface area contributed by atoms with Crippen LogP contribution in [0.15, 0.2) is 18.2 Å². The van der Waals surface area contributed by atoms with Crippen molar-refractivity contribution in [3.05, 3.63) is 29.3 Å². The fourth-order valence-corrected chi connectivity index (χ4v) is 2.22. The van der Waals surface area contributed by atoms with Gasteiger partial charge < -0.3 is 10.6 Å². The third-order valence-corrected chi connectivity index (χ3v) is 3.75. The van der Waals surface area contributed by atoms with E-state index in [2.05, 4.69) is 17.6 Å². The van der Waals surface area contributed by atoms with Gasteiger partial charge in [0.25, 0.3) is 5.91 Å². The van der Waals surface area contributed by atoms with Gasteiger partial charge in [-0.1, -0.05) is 6.92 Å². The Morgan fingerprint density at radius 2 is 1.95 bits per heavy atom. The number of rotatable bonds is 7. The zero-order chi connectivity index (χ0) is 15.2. The molecule has 1 amide bonds. The maximum atomic E-state index is 12.0. The minimum atomic E-state index is -3.05. The molecule has 1 aromatic rings. The van der Waals surface area contributed by atoms with E-state index < -0.39 is 9.84 Å². The van der Waals surface area contributed by atoms with Crippen molar-refractivity contribution in [2.75, 3.05) is 30.4 Å². The molecule has 2 N–H and O–H groups in total. The van der Waals surface area contributed by atoms with Crippen LogP contribution in [0.5, 0.6) is 0 Å². The highest BCUT2D eigenvalue weighted by molar-refractivity contribution is 7.90. The highest BCUT2D eigenvalue weighted by atomic mass is 32.2. The summed E-state index contributed by atoms with van der Waals surface area (Å²) in [5.74, 6) is -0.290.